The Kier molecular flexibility index (Phi) is 9.06. The number of piperidine rings is 3. The van der Waals surface area contributed by atoms with Gasteiger partial charge in [0.2, 0.25) is 11.8 Å². The highest BCUT2D eigenvalue weighted by Gasteiger charge is 2.56. The van der Waals surface area contributed by atoms with Crippen molar-refractivity contribution in [3.8, 4) is 11.5 Å². The van der Waals surface area contributed by atoms with Crippen LogP contribution in [-0.2, 0) is 28.8 Å². The normalized spacial score (nSPS) is 26.2. The number of anilines is 2. The van der Waals surface area contributed by atoms with Crippen molar-refractivity contribution in [1.82, 2.24) is 9.88 Å². The molecule has 1 aromatic carbocycles. The van der Waals surface area contributed by atoms with Crippen LogP contribution in [0.5, 0.6) is 11.5 Å². The highest BCUT2D eigenvalue weighted by Crippen LogP contribution is 2.49. The van der Waals surface area contributed by atoms with Crippen LogP contribution in [0.4, 0.5) is 10.8 Å². The molecule has 0 unspecified atom stereocenters. The summed E-state index contributed by atoms with van der Waals surface area (Å²) in [6.45, 7) is 4.62. The van der Waals surface area contributed by atoms with Gasteiger partial charge in [0, 0.05) is 54.1 Å². The zero-order chi connectivity index (χ0) is 36.2. The number of hydrogen-bond acceptors (Lipinski definition) is 15. The minimum Gasteiger partial charge on any atom is -0.546 e. The third-order valence-corrected chi connectivity index (χ3v) is 12.1. The Morgan fingerprint density at radius 2 is 1.84 bits per heavy atom. The van der Waals surface area contributed by atoms with Crippen molar-refractivity contribution in [2.45, 2.75) is 50.5 Å². The second-order valence-electron chi connectivity index (χ2n) is 13.6. The van der Waals surface area contributed by atoms with E-state index in [-0.39, 0.29) is 46.1 Å². The zero-order valence-corrected chi connectivity index (χ0v) is 28.8. The lowest BCUT2D eigenvalue weighted by molar-refractivity contribution is -0.940. The summed E-state index contributed by atoms with van der Waals surface area (Å²) in [5, 5.41) is 50.9. The first kappa shape index (κ1) is 35.2. The first-order valence-electron chi connectivity index (χ1n) is 15.8. The van der Waals surface area contributed by atoms with Crippen LogP contribution in [0, 0.1) is 11.3 Å². The molecule has 2 bridgehead atoms. The molecular weight excluding hydrogens is 693 g/mol. The number of thiazole rings is 1. The summed E-state index contributed by atoms with van der Waals surface area (Å²) >= 11 is 2.37. The number of phenols is 2. The molecule has 6 heterocycles. The first-order valence-corrected chi connectivity index (χ1v) is 17.8. The predicted octanol–water partition coefficient (Wildman–Crippen LogP) is -0.480. The molecule has 0 radical (unpaired) electrons. The number of carbonyl (C=O) groups excluding carboxylic acids is 5. The summed E-state index contributed by atoms with van der Waals surface area (Å²) in [6, 6.07) is 4.09. The monoisotopic (exact) mass is 727 g/mol. The number of nitrogens with one attached hydrogen (secondary N) is 1. The standard InChI is InChI=1S/C32H36N6O10S2/c1-31(2,29(46)47)48-36-23(19-15-50-30(33)35-19)22(41)12-18-25(42)37-24(27(43)44)16(14-49-26(18)37)13-38-8-5-32(6-9-38,7-10-38)28(45)34-17-3-4-20(39)21(40)11-17/h3-4,11,15,18,26H,5-10,12-14H2,1-2H3,(H6-,33,34,35,36,39,40,41,43,44,45,46,47)/p-1/t18-,26-,32?,38?/m1/s1. The maximum absolute atomic E-state index is 13.5. The highest BCUT2D eigenvalue weighted by atomic mass is 32.2. The SMILES string of the molecule is CC(C)(O/N=C(\C(=O)C[C@@H]1C(=O)N2C(C(=O)[O-])=C(C[N+]34CCC(C(=O)Nc5ccc(O)c(O)c5)(CC3)CC4)CS[C@H]12)c1csc(N)n1)C(=O)[O-]. The number of carbonyl (C=O) groups is 5. The minimum absolute atomic E-state index is 0.0438. The molecule has 4 fully saturated rings. The topological polar surface area (TPSA) is 248 Å². The van der Waals surface area contributed by atoms with Gasteiger partial charge in [-0.05, 0) is 26.0 Å². The number of nitrogens with zero attached hydrogens (tertiary/aromatic N) is 4. The van der Waals surface area contributed by atoms with Gasteiger partial charge in [0.15, 0.2) is 33.7 Å². The Morgan fingerprint density at radius 3 is 2.42 bits per heavy atom. The number of phenolic OH excluding ortho intramolecular Hbond substituents is 2. The molecule has 2 amide bonds. The van der Waals surface area contributed by atoms with Gasteiger partial charge in [-0.3, -0.25) is 19.3 Å². The van der Waals surface area contributed by atoms with Gasteiger partial charge in [-0.25, -0.2) is 4.98 Å². The number of aromatic nitrogens is 1. The van der Waals surface area contributed by atoms with E-state index in [1.807, 2.05) is 0 Å². The Labute approximate surface area is 294 Å². The molecule has 0 saturated carbocycles. The number of amides is 2. The number of thioether (sulfide) groups is 1. The van der Waals surface area contributed by atoms with Crippen LogP contribution in [-0.4, -0.2) is 103 Å². The number of nitrogen functional groups attached to an aromatic ring is 1. The van der Waals surface area contributed by atoms with E-state index in [2.05, 4.69) is 15.5 Å². The molecule has 1 aromatic heterocycles. The lowest BCUT2D eigenvalue weighted by Crippen LogP contribution is -2.66. The Morgan fingerprint density at radius 1 is 1.16 bits per heavy atom. The van der Waals surface area contributed by atoms with Crippen molar-refractivity contribution in [3.05, 3.63) is 40.5 Å². The van der Waals surface area contributed by atoms with Crippen molar-refractivity contribution in [2.24, 2.45) is 16.5 Å². The van der Waals surface area contributed by atoms with Crippen LogP contribution in [0.15, 0.2) is 40.0 Å². The van der Waals surface area contributed by atoms with Gasteiger partial charge in [-0.2, -0.15) is 0 Å². The molecule has 7 rings (SSSR count). The summed E-state index contributed by atoms with van der Waals surface area (Å²) in [4.78, 5) is 74.6. The fraction of sp³-hybridized carbons (Fsp3) is 0.469. The molecule has 266 valence electrons. The molecule has 16 nitrogen and oxygen atoms in total. The number of fused-ring (bicyclic) bond motifs is 4. The van der Waals surface area contributed by atoms with E-state index in [0.717, 1.165) is 11.3 Å². The number of aromatic hydroxyl groups is 2. The van der Waals surface area contributed by atoms with Gasteiger partial charge in [0.25, 0.3) is 0 Å². The van der Waals surface area contributed by atoms with E-state index in [4.69, 9.17) is 10.6 Å². The van der Waals surface area contributed by atoms with Crippen molar-refractivity contribution in [3.63, 3.8) is 0 Å². The summed E-state index contributed by atoms with van der Waals surface area (Å²) in [7, 11) is 0. The van der Waals surface area contributed by atoms with Gasteiger partial charge in [-0.1, -0.05) is 5.16 Å². The smallest absolute Gasteiger partial charge is 0.234 e. The zero-order valence-electron chi connectivity index (χ0n) is 27.2. The van der Waals surface area contributed by atoms with Crippen LogP contribution in [0.2, 0.25) is 0 Å². The van der Waals surface area contributed by atoms with E-state index < -0.39 is 45.9 Å². The number of ketones is 1. The third kappa shape index (κ3) is 6.37. The van der Waals surface area contributed by atoms with Crippen molar-refractivity contribution < 1.29 is 53.7 Å². The number of oxime groups is 1. The fourth-order valence-electron chi connectivity index (χ4n) is 6.97. The number of rotatable bonds is 12. The summed E-state index contributed by atoms with van der Waals surface area (Å²) in [5.74, 6) is -5.66. The van der Waals surface area contributed by atoms with Gasteiger partial charge in [-0.15, -0.1) is 23.1 Å². The molecule has 4 saturated heterocycles. The predicted molar refractivity (Wildman–Crippen MR) is 176 cm³/mol. The largest absolute Gasteiger partial charge is 0.546 e. The van der Waals surface area contributed by atoms with Crippen LogP contribution in [0.3, 0.4) is 0 Å². The van der Waals surface area contributed by atoms with Crippen LogP contribution >= 0.6 is 23.1 Å². The number of aliphatic carboxylic acids is 2. The molecule has 0 spiro atoms. The van der Waals surface area contributed by atoms with E-state index >= 15 is 0 Å². The molecule has 5 aliphatic heterocycles. The number of benzene rings is 1. The van der Waals surface area contributed by atoms with Gasteiger partial charge in [0.1, 0.15) is 12.2 Å². The van der Waals surface area contributed by atoms with E-state index in [1.54, 1.807) is 0 Å². The molecule has 2 atom stereocenters. The van der Waals surface area contributed by atoms with Gasteiger partial charge < -0.3 is 50.4 Å². The van der Waals surface area contributed by atoms with Crippen LogP contribution < -0.4 is 21.3 Å². The van der Waals surface area contributed by atoms with E-state index in [0.29, 0.717) is 66.9 Å². The number of hydrogen-bond donors (Lipinski definition) is 4. The maximum Gasteiger partial charge on any atom is 0.234 e. The van der Waals surface area contributed by atoms with Crippen molar-refractivity contribution in [2.75, 3.05) is 43.0 Å². The number of Topliss-reactive ketones (excluding diaryl/α,β-unsaturated/α-hetero) is 1. The molecule has 2 aromatic rings. The third-order valence-electron chi connectivity index (χ3n) is 10.1. The average molecular weight is 728 g/mol. The van der Waals surface area contributed by atoms with Gasteiger partial charge in [0.05, 0.1) is 54.0 Å². The molecule has 5 aliphatic rings. The fourth-order valence-corrected chi connectivity index (χ4v) is 8.92. The average Bonchev–Trinajstić information content (AvgIpc) is 3.51. The summed E-state index contributed by atoms with van der Waals surface area (Å²) in [6.07, 6.45) is 1.34. The number of nitrogens with two attached hydrogens (primary N) is 1. The molecule has 0 aliphatic carbocycles. The lowest BCUT2D eigenvalue weighted by Gasteiger charge is -2.55. The maximum atomic E-state index is 13.5. The quantitative estimate of drug-likeness (QED) is 0.0540. The van der Waals surface area contributed by atoms with Crippen molar-refractivity contribution in [1.29, 1.82) is 0 Å². The number of carboxylic acids is 2. The molecule has 18 heteroatoms. The van der Waals surface area contributed by atoms with Crippen LogP contribution in [0.1, 0.15) is 45.2 Å². The molecule has 5 N–H and O–H groups in total. The lowest BCUT2D eigenvalue weighted by atomic mass is 9.69. The Hall–Kier alpha value is -4.68. The first-order chi connectivity index (χ1) is 23.5. The molecule has 50 heavy (non-hydrogen) atoms. The molecular formula is C32H35N6O10S2-. The highest BCUT2D eigenvalue weighted by molar-refractivity contribution is 8.00. The number of quaternary nitrogens is 1. The second-order valence-corrected chi connectivity index (χ2v) is 15.6. The minimum atomic E-state index is -1.87. The number of β-lactam (4-membered cyclic amide) rings is 1. The van der Waals surface area contributed by atoms with E-state index in [9.17, 15) is 44.4 Å². The Bertz CT molecular complexity index is 1830. The van der Waals surface area contributed by atoms with Crippen LogP contribution in [0.25, 0.3) is 0 Å². The summed E-state index contributed by atoms with van der Waals surface area (Å²) in [5.41, 5.74) is 3.69. The number of carboxylic acid groups (broad SMARTS) is 2. The van der Waals surface area contributed by atoms with Crippen molar-refractivity contribution >= 4 is 69.2 Å². The second kappa shape index (κ2) is 12.9. The van der Waals surface area contributed by atoms with E-state index in [1.165, 1.54) is 54.1 Å². The summed E-state index contributed by atoms with van der Waals surface area (Å²) < 4.78 is 0.565. The Balaban J connectivity index is 1.14. The van der Waals surface area contributed by atoms with Gasteiger partial charge >= 0.3 is 0 Å².